The van der Waals surface area contributed by atoms with Gasteiger partial charge in [-0.25, -0.2) is 4.98 Å². The van der Waals surface area contributed by atoms with Crippen molar-refractivity contribution in [3.8, 4) is 10.6 Å². The molecule has 1 aliphatic carbocycles. The number of benzene rings is 1. The minimum Gasteiger partial charge on any atom is -0.299 e. The van der Waals surface area contributed by atoms with E-state index in [2.05, 4.69) is 4.98 Å². The number of hydrogen-bond acceptors (Lipinski definition) is 3. The lowest BCUT2D eigenvalue weighted by atomic mass is 10.0. The molecule has 0 bridgehead atoms. The van der Waals surface area contributed by atoms with Gasteiger partial charge in [-0.2, -0.15) is 0 Å². The Morgan fingerprint density at radius 1 is 1.24 bits per heavy atom. The van der Waals surface area contributed by atoms with Crippen LogP contribution in [0.5, 0.6) is 0 Å². The zero-order valence-corrected chi connectivity index (χ0v) is 10.6. The molecule has 0 saturated carbocycles. The summed E-state index contributed by atoms with van der Waals surface area (Å²) in [6.45, 7) is 0. The van der Waals surface area contributed by atoms with Gasteiger partial charge in [-0.05, 0) is 12.5 Å². The van der Waals surface area contributed by atoms with Gasteiger partial charge in [-0.3, -0.25) is 4.79 Å². The summed E-state index contributed by atoms with van der Waals surface area (Å²) in [4.78, 5) is 17.1. The van der Waals surface area contributed by atoms with Crippen molar-refractivity contribution in [2.75, 3.05) is 0 Å². The molecule has 3 rings (SSSR count). The number of carbonyl (C=O) groups is 1. The van der Waals surface area contributed by atoms with Gasteiger partial charge in [0.05, 0.1) is 10.7 Å². The summed E-state index contributed by atoms with van der Waals surface area (Å²) in [6.07, 6.45) is 1.94. The molecule has 0 saturated heterocycles. The summed E-state index contributed by atoms with van der Waals surface area (Å²) in [5, 5.41) is 1.64. The molecule has 0 unspecified atom stereocenters. The second kappa shape index (κ2) is 4.24. The molecule has 17 heavy (non-hydrogen) atoms. The molecule has 1 aromatic heterocycles. The second-order valence-electron chi connectivity index (χ2n) is 4.08. The van der Waals surface area contributed by atoms with E-state index < -0.39 is 0 Å². The van der Waals surface area contributed by atoms with Crippen molar-refractivity contribution in [3.05, 3.63) is 39.9 Å². The fraction of sp³-hybridized carbons (Fsp3) is 0.231. The van der Waals surface area contributed by atoms with Crippen LogP contribution in [0.3, 0.4) is 0 Å². The van der Waals surface area contributed by atoms with Crippen molar-refractivity contribution in [2.45, 2.75) is 19.3 Å². The van der Waals surface area contributed by atoms with Gasteiger partial charge in [0.1, 0.15) is 10.8 Å². The summed E-state index contributed by atoms with van der Waals surface area (Å²) in [5.74, 6) is 0.312. The minimum atomic E-state index is 0.312. The fourth-order valence-corrected chi connectivity index (χ4v) is 3.45. The average molecular weight is 264 g/mol. The van der Waals surface area contributed by atoms with Crippen LogP contribution >= 0.6 is 22.9 Å². The van der Waals surface area contributed by atoms with E-state index in [1.165, 1.54) is 0 Å². The number of aromatic nitrogens is 1. The molecular weight excluding hydrogens is 254 g/mol. The lowest BCUT2D eigenvalue weighted by molar-refractivity contribution is -0.118. The van der Waals surface area contributed by atoms with E-state index in [4.69, 9.17) is 11.6 Å². The normalized spacial score (nSPS) is 14.8. The lowest BCUT2D eigenvalue weighted by Gasteiger charge is -2.06. The van der Waals surface area contributed by atoms with Gasteiger partial charge in [0.2, 0.25) is 0 Å². The zero-order valence-electron chi connectivity index (χ0n) is 9.07. The lowest BCUT2D eigenvalue weighted by Crippen LogP contribution is -2.11. The van der Waals surface area contributed by atoms with E-state index in [-0.39, 0.29) is 0 Å². The highest BCUT2D eigenvalue weighted by Crippen LogP contribution is 2.34. The van der Waals surface area contributed by atoms with E-state index >= 15 is 0 Å². The second-order valence-corrected chi connectivity index (χ2v) is 5.58. The maximum Gasteiger partial charge on any atom is 0.138 e. The van der Waals surface area contributed by atoms with Crippen LogP contribution in [0, 0.1) is 0 Å². The molecule has 0 amide bonds. The highest BCUT2D eigenvalue weighted by Gasteiger charge is 2.21. The van der Waals surface area contributed by atoms with Crippen LogP contribution in [0.25, 0.3) is 10.6 Å². The van der Waals surface area contributed by atoms with E-state index in [1.54, 1.807) is 11.3 Å². The molecule has 4 heteroatoms. The molecule has 0 spiro atoms. The number of carbonyl (C=O) groups excluding carboxylic acids is 1. The summed E-state index contributed by atoms with van der Waals surface area (Å²) in [7, 11) is 0. The predicted molar refractivity (Wildman–Crippen MR) is 69.6 cm³/mol. The number of nitrogens with zero attached hydrogens (tertiary/aromatic N) is 1. The summed E-state index contributed by atoms with van der Waals surface area (Å²) in [6, 6.07) is 7.69. The average Bonchev–Trinajstić information content (AvgIpc) is 2.72. The maximum absolute atomic E-state index is 11.4. The third kappa shape index (κ3) is 2.01. The zero-order chi connectivity index (χ0) is 11.8. The van der Waals surface area contributed by atoms with Crippen molar-refractivity contribution in [3.63, 3.8) is 0 Å². The van der Waals surface area contributed by atoms with Crippen molar-refractivity contribution in [2.24, 2.45) is 0 Å². The van der Waals surface area contributed by atoms with Crippen LogP contribution in [0.4, 0.5) is 0 Å². The minimum absolute atomic E-state index is 0.312. The number of rotatable bonds is 1. The van der Waals surface area contributed by atoms with E-state index in [1.807, 2.05) is 24.3 Å². The van der Waals surface area contributed by atoms with E-state index in [0.717, 1.165) is 27.6 Å². The van der Waals surface area contributed by atoms with Crippen molar-refractivity contribution < 1.29 is 4.79 Å². The molecule has 1 aliphatic rings. The molecule has 0 radical (unpaired) electrons. The molecule has 0 N–H and O–H groups in total. The molecule has 0 aliphatic heterocycles. The highest BCUT2D eigenvalue weighted by molar-refractivity contribution is 7.15. The Labute approximate surface area is 108 Å². The highest BCUT2D eigenvalue weighted by atomic mass is 35.5. The number of ketones is 1. The summed E-state index contributed by atoms with van der Waals surface area (Å²) in [5.41, 5.74) is 2.03. The molecule has 2 nitrogen and oxygen atoms in total. The monoisotopic (exact) mass is 263 g/mol. The van der Waals surface area contributed by atoms with Gasteiger partial charge in [0.25, 0.3) is 0 Å². The van der Waals surface area contributed by atoms with Crippen molar-refractivity contribution in [1.82, 2.24) is 4.98 Å². The van der Waals surface area contributed by atoms with E-state index in [9.17, 15) is 4.79 Å². The maximum atomic E-state index is 11.4. The first-order chi connectivity index (χ1) is 8.24. The SMILES string of the molecule is O=C1CCc2nc(-c3ccccc3Cl)sc2C1. The Morgan fingerprint density at radius 2 is 2.06 bits per heavy atom. The molecular formula is C13H10ClNOS. The smallest absolute Gasteiger partial charge is 0.138 e. The van der Waals surface area contributed by atoms with E-state index in [0.29, 0.717) is 23.6 Å². The number of Topliss-reactive ketones (excluding diaryl/α,β-unsaturated/α-hetero) is 1. The van der Waals surface area contributed by atoms with Gasteiger partial charge in [0.15, 0.2) is 0 Å². The summed E-state index contributed by atoms with van der Waals surface area (Å²) >= 11 is 7.74. The number of aryl methyl sites for hydroxylation is 1. The van der Waals surface area contributed by atoms with Gasteiger partial charge in [0, 0.05) is 23.3 Å². The number of hydrogen-bond donors (Lipinski definition) is 0. The molecule has 1 heterocycles. The first-order valence-electron chi connectivity index (χ1n) is 5.49. The Kier molecular flexibility index (Phi) is 2.73. The first kappa shape index (κ1) is 10.9. The predicted octanol–water partition coefficient (Wildman–Crippen LogP) is 3.52. The fourth-order valence-electron chi connectivity index (χ4n) is 1.99. The van der Waals surface area contributed by atoms with Crippen LogP contribution < -0.4 is 0 Å². The van der Waals surface area contributed by atoms with Crippen LogP contribution in [-0.2, 0) is 17.6 Å². The van der Waals surface area contributed by atoms with Crippen LogP contribution in [0.2, 0.25) is 5.02 Å². The Hall–Kier alpha value is -1.19. The molecule has 2 aromatic rings. The van der Waals surface area contributed by atoms with Gasteiger partial charge >= 0.3 is 0 Å². The molecule has 86 valence electrons. The number of halogens is 1. The molecule has 0 atom stereocenters. The standard InChI is InChI=1S/C13H10ClNOS/c14-10-4-2-1-3-9(10)13-15-11-6-5-8(16)7-12(11)17-13/h1-4H,5-7H2. The largest absolute Gasteiger partial charge is 0.299 e. The van der Waals surface area contributed by atoms with Gasteiger partial charge in [-0.15, -0.1) is 11.3 Å². The van der Waals surface area contributed by atoms with Crippen molar-refractivity contribution >= 4 is 28.7 Å². The summed E-state index contributed by atoms with van der Waals surface area (Å²) < 4.78 is 0. The van der Waals surface area contributed by atoms with Crippen LogP contribution in [-0.4, -0.2) is 10.8 Å². The van der Waals surface area contributed by atoms with Crippen molar-refractivity contribution in [1.29, 1.82) is 0 Å². The Bertz CT molecular complexity index is 591. The topological polar surface area (TPSA) is 30.0 Å². The quantitative estimate of drug-likeness (QED) is 0.788. The first-order valence-corrected chi connectivity index (χ1v) is 6.68. The van der Waals surface area contributed by atoms with Crippen LogP contribution in [0.15, 0.2) is 24.3 Å². The van der Waals surface area contributed by atoms with Gasteiger partial charge < -0.3 is 0 Å². The molecule has 0 fully saturated rings. The third-order valence-electron chi connectivity index (χ3n) is 2.88. The Morgan fingerprint density at radius 3 is 2.88 bits per heavy atom. The number of fused-ring (bicyclic) bond motifs is 1. The Balaban J connectivity index is 2.06. The molecule has 1 aromatic carbocycles. The number of thiazole rings is 1. The third-order valence-corrected chi connectivity index (χ3v) is 4.34. The van der Waals surface area contributed by atoms with Gasteiger partial charge in [-0.1, -0.05) is 29.8 Å². The van der Waals surface area contributed by atoms with Crippen LogP contribution in [0.1, 0.15) is 17.0 Å².